The predicted octanol–water partition coefficient (Wildman–Crippen LogP) is 0.144. The monoisotopic (exact) mass is 163 g/mol. The third-order valence-corrected chi connectivity index (χ3v) is 1.74. The third-order valence-electron chi connectivity index (χ3n) is 1.74. The topological polar surface area (TPSA) is 69.1 Å². The van der Waals surface area contributed by atoms with E-state index in [1.165, 1.54) is 0 Å². The van der Waals surface area contributed by atoms with Crippen molar-refractivity contribution in [3.8, 4) is 0 Å². The van der Waals surface area contributed by atoms with Gasteiger partial charge in [0.1, 0.15) is 0 Å². The molecule has 2 aromatic heterocycles. The first-order chi connectivity index (χ1) is 5.77. The van der Waals surface area contributed by atoms with Crippen molar-refractivity contribution < 1.29 is 0 Å². The van der Waals surface area contributed by atoms with Gasteiger partial charge in [0.2, 0.25) is 0 Å². The van der Waals surface area contributed by atoms with Crippen molar-refractivity contribution in [2.45, 2.75) is 13.0 Å². The van der Waals surface area contributed by atoms with Gasteiger partial charge in [-0.3, -0.25) is 0 Å². The van der Waals surface area contributed by atoms with E-state index in [1.807, 2.05) is 25.3 Å². The van der Waals surface area contributed by atoms with Gasteiger partial charge in [0.05, 0.1) is 0 Å². The van der Waals surface area contributed by atoms with Crippen molar-refractivity contribution >= 4 is 5.65 Å². The second-order valence-electron chi connectivity index (χ2n) is 2.73. The lowest BCUT2D eigenvalue weighted by Crippen LogP contribution is -2.06. The Bertz CT molecular complexity index is 391. The molecule has 0 aliphatic heterocycles. The van der Waals surface area contributed by atoms with Gasteiger partial charge < -0.3 is 5.73 Å². The maximum absolute atomic E-state index is 5.69. The summed E-state index contributed by atoms with van der Waals surface area (Å²) in [5.41, 5.74) is 7.45. The summed E-state index contributed by atoms with van der Waals surface area (Å²) in [6.45, 7) is 1.92. The predicted molar refractivity (Wildman–Crippen MR) is 43.4 cm³/mol. The minimum atomic E-state index is 0.0126. The van der Waals surface area contributed by atoms with Crippen molar-refractivity contribution in [1.82, 2.24) is 20.0 Å². The normalized spacial score (nSPS) is 13.5. The lowest BCUT2D eigenvalue weighted by Gasteiger charge is -2.03. The fourth-order valence-electron chi connectivity index (χ4n) is 1.03. The molecule has 12 heavy (non-hydrogen) atoms. The zero-order chi connectivity index (χ0) is 8.55. The Hall–Kier alpha value is -1.49. The summed E-state index contributed by atoms with van der Waals surface area (Å²) < 4.78 is 1.61. The summed E-state index contributed by atoms with van der Waals surface area (Å²) >= 11 is 0. The summed E-state index contributed by atoms with van der Waals surface area (Å²) in [5, 5.41) is 11.1. The van der Waals surface area contributed by atoms with Gasteiger partial charge in [-0.25, -0.2) is 4.52 Å². The van der Waals surface area contributed by atoms with Crippen LogP contribution in [0.1, 0.15) is 18.5 Å². The molecule has 0 bridgehead atoms. The molecule has 0 aromatic carbocycles. The minimum absolute atomic E-state index is 0.0126. The van der Waals surface area contributed by atoms with Gasteiger partial charge in [-0.1, -0.05) is 6.07 Å². The highest BCUT2D eigenvalue weighted by atomic mass is 15.5. The van der Waals surface area contributed by atoms with Crippen LogP contribution >= 0.6 is 0 Å². The van der Waals surface area contributed by atoms with Gasteiger partial charge in [-0.05, 0) is 29.0 Å². The molecule has 1 unspecified atom stereocenters. The molecule has 0 saturated carbocycles. The van der Waals surface area contributed by atoms with E-state index in [0.29, 0.717) is 0 Å². The zero-order valence-electron chi connectivity index (χ0n) is 6.68. The molecule has 2 aromatic rings. The van der Waals surface area contributed by atoms with E-state index in [4.69, 9.17) is 5.73 Å². The van der Waals surface area contributed by atoms with Crippen molar-refractivity contribution in [2.24, 2.45) is 5.73 Å². The van der Waals surface area contributed by atoms with E-state index in [9.17, 15) is 0 Å². The molecule has 2 N–H and O–H groups in total. The van der Waals surface area contributed by atoms with Gasteiger partial charge in [-0.15, -0.1) is 5.10 Å². The Morgan fingerprint density at radius 1 is 1.50 bits per heavy atom. The highest BCUT2D eigenvalue weighted by Gasteiger charge is 2.01. The van der Waals surface area contributed by atoms with Crippen LogP contribution in [0.25, 0.3) is 5.65 Å². The minimum Gasteiger partial charge on any atom is -0.324 e. The highest BCUT2D eigenvalue weighted by Crippen LogP contribution is 2.08. The number of hydrogen-bond donors (Lipinski definition) is 1. The SMILES string of the molecule is CC(N)c1ccc2nnnn2c1. The van der Waals surface area contributed by atoms with E-state index >= 15 is 0 Å². The molecule has 5 heteroatoms. The quantitative estimate of drug-likeness (QED) is 0.649. The van der Waals surface area contributed by atoms with E-state index < -0.39 is 0 Å². The second kappa shape index (κ2) is 2.53. The van der Waals surface area contributed by atoms with Gasteiger partial charge >= 0.3 is 0 Å². The Kier molecular flexibility index (Phi) is 1.51. The van der Waals surface area contributed by atoms with Crippen molar-refractivity contribution in [1.29, 1.82) is 0 Å². The summed E-state index contributed by atoms with van der Waals surface area (Å²) in [5.74, 6) is 0. The Morgan fingerprint density at radius 3 is 3.08 bits per heavy atom. The maximum Gasteiger partial charge on any atom is 0.179 e. The summed E-state index contributed by atoms with van der Waals surface area (Å²) in [6, 6.07) is 3.79. The van der Waals surface area contributed by atoms with Gasteiger partial charge in [0.15, 0.2) is 5.65 Å². The molecule has 2 heterocycles. The first-order valence-corrected chi connectivity index (χ1v) is 3.70. The number of tetrazole rings is 1. The van der Waals surface area contributed by atoms with E-state index in [0.717, 1.165) is 11.2 Å². The molecule has 0 saturated heterocycles. The maximum atomic E-state index is 5.69. The highest BCUT2D eigenvalue weighted by molar-refractivity contribution is 5.36. The van der Waals surface area contributed by atoms with Crippen LogP contribution in [0, 0.1) is 0 Å². The van der Waals surface area contributed by atoms with Crippen molar-refractivity contribution in [3.05, 3.63) is 23.9 Å². The number of nitrogens with zero attached hydrogens (tertiary/aromatic N) is 4. The molecule has 5 nitrogen and oxygen atoms in total. The Balaban J connectivity index is 2.60. The Labute approximate surface area is 69.2 Å². The lowest BCUT2D eigenvalue weighted by atomic mass is 10.2. The number of nitrogens with two attached hydrogens (primary N) is 1. The fourth-order valence-corrected chi connectivity index (χ4v) is 1.03. The number of fused-ring (bicyclic) bond motifs is 1. The van der Waals surface area contributed by atoms with Crippen LogP contribution in [0.2, 0.25) is 0 Å². The van der Waals surface area contributed by atoms with Crippen LogP contribution in [0.5, 0.6) is 0 Å². The molecule has 2 rings (SSSR count). The van der Waals surface area contributed by atoms with E-state index in [2.05, 4.69) is 15.5 Å². The molecule has 0 fully saturated rings. The second-order valence-corrected chi connectivity index (χ2v) is 2.73. The van der Waals surface area contributed by atoms with Crippen LogP contribution in [-0.2, 0) is 0 Å². The average Bonchev–Trinajstić information content (AvgIpc) is 2.49. The summed E-state index contributed by atoms with van der Waals surface area (Å²) in [7, 11) is 0. The van der Waals surface area contributed by atoms with E-state index in [1.54, 1.807) is 4.52 Å². The van der Waals surface area contributed by atoms with Crippen LogP contribution in [-0.4, -0.2) is 20.0 Å². The molecule has 62 valence electrons. The van der Waals surface area contributed by atoms with Gasteiger partial charge in [0.25, 0.3) is 0 Å². The van der Waals surface area contributed by atoms with Crippen LogP contribution < -0.4 is 5.73 Å². The zero-order valence-corrected chi connectivity index (χ0v) is 6.68. The number of hydrogen-bond acceptors (Lipinski definition) is 4. The lowest BCUT2D eigenvalue weighted by molar-refractivity contribution is 0.777. The van der Waals surface area contributed by atoms with Gasteiger partial charge in [0, 0.05) is 12.2 Å². The number of rotatable bonds is 1. The third kappa shape index (κ3) is 1.04. The smallest absolute Gasteiger partial charge is 0.179 e. The average molecular weight is 163 g/mol. The molecule has 0 spiro atoms. The van der Waals surface area contributed by atoms with Crippen molar-refractivity contribution in [3.63, 3.8) is 0 Å². The molecule has 0 amide bonds. The summed E-state index contributed by atoms with van der Waals surface area (Å²) in [4.78, 5) is 0. The van der Waals surface area contributed by atoms with E-state index in [-0.39, 0.29) is 6.04 Å². The van der Waals surface area contributed by atoms with Crippen molar-refractivity contribution in [2.75, 3.05) is 0 Å². The number of aromatic nitrogens is 4. The van der Waals surface area contributed by atoms with Gasteiger partial charge in [-0.2, -0.15) is 0 Å². The molecular weight excluding hydrogens is 154 g/mol. The Morgan fingerprint density at radius 2 is 2.33 bits per heavy atom. The molecular formula is C7H9N5. The molecule has 0 aliphatic carbocycles. The molecule has 0 radical (unpaired) electrons. The largest absolute Gasteiger partial charge is 0.324 e. The first kappa shape index (κ1) is 7.17. The van der Waals surface area contributed by atoms with Crippen LogP contribution in [0.15, 0.2) is 18.3 Å². The first-order valence-electron chi connectivity index (χ1n) is 3.70. The standard InChI is InChI=1S/C7H9N5/c1-5(8)6-2-3-7-9-10-11-12(7)4-6/h2-5H,8H2,1H3. The van der Waals surface area contributed by atoms with Crippen LogP contribution in [0.4, 0.5) is 0 Å². The molecule has 0 aliphatic rings. The summed E-state index contributed by atoms with van der Waals surface area (Å²) in [6.07, 6.45) is 1.83. The number of pyridine rings is 1. The fraction of sp³-hybridized carbons (Fsp3) is 0.286. The molecule has 1 atom stereocenters. The van der Waals surface area contributed by atoms with Crippen LogP contribution in [0.3, 0.4) is 0 Å².